The van der Waals surface area contributed by atoms with Crippen molar-refractivity contribution in [3.63, 3.8) is 0 Å². The van der Waals surface area contributed by atoms with Crippen LogP contribution in [0, 0.1) is 6.92 Å². The fourth-order valence-electron chi connectivity index (χ4n) is 3.03. The Hall–Kier alpha value is -3.71. The highest BCUT2D eigenvalue weighted by molar-refractivity contribution is 7.13. The lowest BCUT2D eigenvalue weighted by molar-refractivity contribution is 0.252. The van der Waals surface area contributed by atoms with E-state index in [9.17, 15) is 4.79 Å². The van der Waals surface area contributed by atoms with Crippen LogP contribution in [0.25, 0.3) is 10.6 Å². The second-order valence-corrected chi connectivity index (χ2v) is 8.14. The molecule has 32 heavy (non-hydrogen) atoms. The van der Waals surface area contributed by atoms with E-state index in [0.29, 0.717) is 31.0 Å². The maximum absolute atomic E-state index is 12.3. The number of benzene rings is 2. The summed E-state index contributed by atoms with van der Waals surface area (Å²) in [5.41, 5.74) is 4.82. The molecule has 0 saturated carbocycles. The highest BCUT2D eigenvalue weighted by Crippen LogP contribution is 2.24. The average molecular weight is 445 g/mol. The first-order valence-corrected chi connectivity index (χ1v) is 11.2. The number of hydrogen-bond donors (Lipinski definition) is 2. The van der Waals surface area contributed by atoms with Crippen LogP contribution in [0.1, 0.15) is 17.0 Å². The van der Waals surface area contributed by atoms with Crippen LogP contribution >= 0.6 is 11.3 Å². The Balaban J connectivity index is 1.23. The summed E-state index contributed by atoms with van der Waals surface area (Å²) in [5, 5.41) is 8.75. The van der Waals surface area contributed by atoms with Crippen LogP contribution in [0.5, 0.6) is 5.75 Å². The minimum absolute atomic E-state index is 0.263. The van der Waals surface area contributed by atoms with E-state index in [4.69, 9.17) is 4.74 Å². The Morgan fingerprint density at radius 2 is 1.91 bits per heavy atom. The first-order valence-electron chi connectivity index (χ1n) is 10.3. The SMILES string of the molecule is Cc1ccc(-c2nc(CCNC(=O)Nc3cccc(OCc4ccccn4)c3)cs2)cc1. The van der Waals surface area contributed by atoms with Gasteiger partial charge in [0, 0.05) is 41.9 Å². The minimum atomic E-state index is -0.263. The topological polar surface area (TPSA) is 76.1 Å². The summed E-state index contributed by atoms with van der Waals surface area (Å²) in [6.07, 6.45) is 2.40. The second kappa shape index (κ2) is 10.5. The number of aryl methyl sites for hydroxylation is 1. The number of anilines is 1. The Morgan fingerprint density at radius 1 is 1.03 bits per heavy atom. The van der Waals surface area contributed by atoms with Crippen LogP contribution in [0.3, 0.4) is 0 Å². The molecule has 0 saturated heterocycles. The van der Waals surface area contributed by atoms with E-state index < -0.39 is 0 Å². The van der Waals surface area contributed by atoms with Crippen LogP contribution in [0.4, 0.5) is 10.5 Å². The minimum Gasteiger partial charge on any atom is -0.487 e. The fraction of sp³-hybridized carbons (Fsp3) is 0.160. The van der Waals surface area contributed by atoms with Gasteiger partial charge in [-0.1, -0.05) is 42.0 Å². The molecule has 0 bridgehead atoms. The normalized spacial score (nSPS) is 10.5. The van der Waals surface area contributed by atoms with Crippen LogP contribution in [-0.4, -0.2) is 22.5 Å². The van der Waals surface area contributed by atoms with Gasteiger partial charge < -0.3 is 15.4 Å². The van der Waals surface area contributed by atoms with E-state index in [2.05, 4.69) is 51.8 Å². The maximum Gasteiger partial charge on any atom is 0.319 e. The van der Waals surface area contributed by atoms with Crippen LogP contribution in [0.2, 0.25) is 0 Å². The smallest absolute Gasteiger partial charge is 0.319 e. The number of urea groups is 1. The number of nitrogens with zero attached hydrogens (tertiary/aromatic N) is 2. The van der Waals surface area contributed by atoms with Gasteiger partial charge in [0.25, 0.3) is 0 Å². The Bertz CT molecular complexity index is 1160. The zero-order chi connectivity index (χ0) is 22.2. The third-order valence-electron chi connectivity index (χ3n) is 4.72. The summed E-state index contributed by atoms with van der Waals surface area (Å²) in [7, 11) is 0. The number of carbonyl (C=O) groups excluding carboxylic acids is 1. The molecule has 7 heteroatoms. The molecule has 2 heterocycles. The Kier molecular flexibility index (Phi) is 7.09. The van der Waals surface area contributed by atoms with Gasteiger partial charge >= 0.3 is 6.03 Å². The van der Waals surface area contributed by atoms with Crippen molar-refractivity contribution >= 4 is 23.1 Å². The quantitative estimate of drug-likeness (QED) is 0.379. The van der Waals surface area contributed by atoms with Gasteiger partial charge in [0.05, 0.1) is 11.4 Å². The number of carbonyl (C=O) groups is 1. The standard InChI is InChI=1S/C25H24N4O2S/c1-18-8-10-19(11-9-18)24-28-22(17-32-24)12-14-27-25(30)29-20-6-4-7-23(15-20)31-16-21-5-2-3-13-26-21/h2-11,13,15,17H,12,14,16H2,1H3,(H2,27,29,30). The molecular formula is C25H24N4O2S. The van der Waals surface area contributed by atoms with Crippen molar-refractivity contribution in [1.82, 2.24) is 15.3 Å². The summed E-state index contributed by atoms with van der Waals surface area (Å²) in [5.74, 6) is 0.666. The molecule has 0 aliphatic heterocycles. The fourth-order valence-corrected chi connectivity index (χ4v) is 3.89. The molecule has 0 unspecified atom stereocenters. The number of ether oxygens (including phenoxy) is 1. The molecule has 0 spiro atoms. The van der Waals surface area contributed by atoms with Crippen molar-refractivity contribution in [3.8, 4) is 16.3 Å². The number of amides is 2. The molecular weight excluding hydrogens is 420 g/mol. The van der Waals surface area contributed by atoms with Gasteiger partial charge in [-0.15, -0.1) is 11.3 Å². The molecule has 6 nitrogen and oxygen atoms in total. The van der Waals surface area contributed by atoms with E-state index in [1.807, 2.05) is 41.8 Å². The lowest BCUT2D eigenvalue weighted by Gasteiger charge is -2.10. The molecule has 2 aromatic heterocycles. The van der Waals surface area contributed by atoms with Gasteiger partial charge in [-0.05, 0) is 31.2 Å². The van der Waals surface area contributed by atoms with E-state index in [0.717, 1.165) is 22.0 Å². The van der Waals surface area contributed by atoms with Crippen molar-refractivity contribution < 1.29 is 9.53 Å². The van der Waals surface area contributed by atoms with Gasteiger partial charge in [-0.3, -0.25) is 4.98 Å². The molecule has 0 fully saturated rings. The summed E-state index contributed by atoms with van der Waals surface area (Å²) < 4.78 is 5.76. The van der Waals surface area contributed by atoms with Crippen molar-refractivity contribution in [3.05, 3.63) is 95.3 Å². The first-order chi connectivity index (χ1) is 15.7. The van der Waals surface area contributed by atoms with Crippen molar-refractivity contribution in [2.24, 2.45) is 0 Å². The number of thiazole rings is 1. The van der Waals surface area contributed by atoms with Gasteiger partial charge in [-0.25, -0.2) is 9.78 Å². The molecule has 2 aromatic carbocycles. The number of pyridine rings is 1. The summed E-state index contributed by atoms with van der Waals surface area (Å²) in [6.45, 7) is 2.94. The Labute approximate surface area is 191 Å². The van der Waals surface area contributed by atoms with Crippen LogP contribution < -0.4 is 15.4 Å². The van der Waals surface area contributed by atoms with Gasteiger partial charge in [0.2, 0.25) is 0 Å². The molecule has 4 aromatic rings. The largest absolute Gasteiger partial charge is 0.487 e. The zero-order valence-electron chi connectivity index (χ0n) is 17.7. The molecule has 0 atom stereocenters. The van der Waals surface area contributed by atoms with E-state index in [1.165, 1.54) is 5.56 Å². The molecule has 162 valence electrons. The highest BCUT2D eigenvalue weighted by Gasteiger charge is 2.07. The van der Waals surface area contributed by atoms with Gasteiger partial charge in [-0.2, -0.15) is 0 Å². The third kappa shape index (κ3) is 6.15. The van der Waals surface area contributed by atoms with E-state index in [-0.39, 0.29) is 6.03 Å². The lowest BCUT2D eigenvalue weighted by atomic mass is 10.2. The van der Waals surface area contributed by atoms with Crippen molar-refractivity contribution in [2.75, 3.05) is 11.9 Å². The molecule has 2 amide bonds. The molecule has 0 radical (unpaired) electrons. The van der Waals surface area contributed by atoms with Crippen LogP contribution in [-0.2, 0) is 13.0 Å². The summed E-state index contributed by atoms with van der Waals surface area (Å²) in [6, 6.07) is 21.1. The van der Waals surface area contributed by atoms with Crippen LogP contribution in [0.15, 0.2) is 78.3 Å². The highest BCUT2D eigenvalue weighted by atomic mass is 32.1. The Morgan fingerprint density at radius 3 is 2.72 bits per heavy atom. The molecule has 4 rings (SSSR count). The second-order valence-electron chi connectivity index (χ2n) is 7.28. The molecule has 2 N–H and O–H groups in total. The number of rotatable bonds is 8. The predicted molar refractivity (Wildman–Crippen MR) is 128 cm³/mol. The predicted octanol–water partition coefficient (Wildman–Crippen LogP) is 5.46. The van der Waals surface area contributed by atoms with Gasteiger partial charge in [0.1, 0.15) is 17.4 Å². The number of hydrogen-bond acceptors (Lipinski definition) is 5. The van der Waals surface area contributed by atoms with E-state index in [1.54, 1.807) is 23.6 Å². The first kappa shape index (κ1) is 21.5. The molecule has 0 aliphatic carbocycles. The monoisotopic (exact) mass is 444 g/mol. The maximum atomic E-state index is 12.3. The average Bonchev–Trinajstić information content (AvgIpc) is 3.28. The molecule has 0 aliphatic rings. The lowest BCUT2D eigenvalue weighted by Crippen LogP contribution is -2.30. The van der Waals surface area contributed by atoms with Crippen molar-refractivity contribution in [1.29, 1.82) is 0 Å². The summed E-state index contributed by atoms with van der Waals surface area (Å²) >= 11 is 1.62. The van der Waals surface area contributed by atoms with E-state index >= 15 is 0 Å². The summed E-state index contributed by atoms with van der Waals surface area (Å²) in [4.78, 5) is 21.2. The third-order valence-corrected chi connectivity index (χ3v) is 5.66. The van der Waals surface area contributed by atoms with Crippen molar-refractivity contribution in [2.45, 2.75) is 20.0 Å². The number of nitrogens with one attached hydrogen (secondary N) is 2. The zero-order valence-corrected chi connectivity index (χ0v) is 18.6. The number of aromatic nitrogens is 2. The van der Waals surface area contributed by atoms with Gasteiger partial charge in [0.15, 0.2) is 0 Å².